The SMILES string of the molecule is COc1ccc(CN=C(NCC(=O)N(C)C)NC2CC3CCC2C3)c(OC)c1.I. The number of halogens is 1. The standard InChI is InChI=1S/C21H32N4O3.HI/c1-25(2)20(26)13-23-21(24-18-10-14-5-6-15(18)9-14)22-12-16-7-8-17(27-3)11-19(16)28-4;/h7-8,11,14-15,18H,5-6,9-10,12-13H2,1-4H3,(H2,22,23,24);1H. The second-order valence-electron chi connectivity index (χ2n) is 7.91. The number of likely N-dealkylation sites (N-methyl/N-ethyl adjacent to an activating group) is 1. The number of benzene rings is 1. The number of aliphatic imine (C=N–C) groups is 1. The maximum atomic E-state index is 12.0. The second-order valence-corrected chi connectivity index (χ2v) is 7.91. The summed E-state index contributed by atoms with van der Waals surface area (Å²) in [5.41, 5.74) is 0.969. The molecule has 1 amide bonds. The number of guanidine groups is 1. The number of carbonyl (C=O) groups excluding carboxylic acids is 1. The molecular weight excluding hydrogens is 483 g/mol. The van der Waals surface area contributed by atoms with Gasteiger partial charge in [-0.15, -0.1) is 24.0 Å². The minimum atomic E-state index is 0. The third-order valence-electron chi connectivity index (χ3n) is 5.87. The van der Waals surface area contributed by atoms with E-state index < -0.39 is 0 Å². The number of nitrogens with zero attached hydrogens (tertiary/aromatic N) is 2. The fourth-order valence-corrected chi connectivity index (χ4v) is 4.21. The molecule has 7 nitrogen and oxygen atoms in total. The molecule has 3 atom stereocenters. The first-order valence-corrected chi connectivity index (χ1v) is 9.96. The molecular formula is C21H33IN4O3. The van der Waals surface area contributed by atoms with Gasteiger partial charge in [0, 0.05) is 31.8 Å². The van der Waals surface area contributed by atoms with Gasteiger partial charge < -0.3 is 25.0 Å². The van der Waals surface area contributed by atoms with Gasteiger partial charge in [-0.3, -0.25) is 4.79 Å². The predicted octanol–water partition coefficient (Wildman–Crippen LogP) is 2.63. The predicted molar refractivity (Wildman–Crippen MR) is 125 cm³/mol. The molecule has 2 aliphatic carbocycles. The molecule has 162 valence electrons. The molecule has 0 heterocycles. The number of ether oxygens (including phenoxy) is 2. The van der Waals surface area contributed by atoms with Crippen LogP contribution < -0.4 is 20.1 Å². The van der Waals surface area contributed by atoms with Crippen LogP contribution in [0.15, 0.2) is 23.2 Å². The summed E-state index contributed by atoms with van der Waals surface area (Å²) < 4.78 is 10.7. The van der Waals surface area contributed by atoms with E-state index in [1.807, 2.05) is 18.2 Å². The van der Waals surface area contributed by atoms with E-state index in [4.69, 9.17) is 14.5 Å². The molecule has 3 rings (SSSR count). The number of rotatable bonds is 7. The normalized spacial score (nSPS) is 22.6. The first kappa shape index (κ1) is 23.6. The molecule has 2 saturated carbocycles. The zero-order valence-corrected chi connectivity index (χ0v) is 20.1. The number of hydrogen-bond donors (Lipinski definition) is 2. The Morgan fingerprint density at radius 3 is 2.59 bits per heavy atom. The van der Waals surface area contributed by atoms with Crippen molar-refractivity contribution >= 4 is 35.8 Å². The van der Waals surface area contributed by atoms with Gasteiger partial charge in [0.25, 0.3) is 0 Å². The number of methoxy groups -OCH3 is 2. The van der Waals surface area contributed by atoms with Gasteiger partial charge in [-0.1, -0.05) is 6.42 Å². The largest absolute Gasteiger partial charge is 0.497 e. The zero-order valence-electron chi connectivity index (χ0n) is 17.7. The monoisotopic (exact) mass is 516 g/mol. The van der Waals surface area contributed by atoms with Crippen molar-refractivity contribution in [3.05, 3.63) is 23.8 Å². The van der Waals surface area contributed by atoms with Gasteiger partial charge >= 0.3 is 0 Å². The Morgan fingerprint density at radius 1 is 1.21 bits per heavy atom. The van der Waals surface area contributed by atoms with E-state index in [1.54, 1.807) is 33.2 Å². The first-order chi connectivity index (χ1) is 13.5. The number of carbonyl (C=O) groups is 1. The molecule has 29 heavy (non-hydrogen) atoms. The molecule has 1 aromatic carbocycles. The van der Waals surface area contributed by atoms with Crippen LogP contribution in [0, 0.1) is 11.8 Å². The maximum Gasteiger partial charge on any atom is 0.241 e. The van der Waals surface area contributed by atoms with Crippen molar-refractivity contribution in [2.24, 2.45) is 16.8 Å². The highest BCUT2D eigenvalue weighted by Gasteiger charge is 2.39. The maximum absolute atomic E-state index is 12.0. The summed E-state index contributed by atoms with van der Waals surface area (Å²) in [6.07, 6.45) is 5.15. The summed E-state index contributed by atoms with van der Waals surface area (Å²) in [5.74, 6) is 3.76. The minimum Gasteiger partial charge on any atom is -0.497 e. The lowest BCUT2D eigenvalue weighted by Gasteiger charge is -2.25. The average molecular weight is 516 g/mol. The summed E-state index contributed by atoms with van der Waals surface area (Å²) in [5, 5.41) is 6.77. The van der Waals surface area contributed by atoms with Crippen LogP contribution in [-0.2, 0) is 11.3 Å². The van der Waals surface area contributed by atoms with Crippen LogP contribution in [0.2, 0.25) is 0 Å². The van der Waals surface area contributed by atoms with Gasteiger partial charge in [-0.2, -0.15) is 0 Å². The van der Waals surface area contributed by atoms with E-state index >= 15 is 0 Å². The quantitative estimate of drug-likeness (QED) is 0.331. The fraction of sp³-hybridized carbons (Fsp3) is 0.619. The van der Waals surface area contributed by atoms with Gasteiger partial charge in [0.2, 0.25) is 5.91 Å². The number of fused-ring (bicyclic) bond motifs is 2. The van der Waals surface area contributed by atoms with Gasteiger partial charge in [0.15, 0.2) is 5.96 Å². The van der Waals surface area contributed by atoms with Gasteiger partial charge in [0.05, 0.1) is 27.3 Å². The smallest absolute Gasteiger partial charge is 0.241 e. The van der Waals surface area contributed by atoms with Crippen LogP contribution in [-0.4, -0.2) is 57.7 Å². The summed E-state index contributed by atoms with van der Waals surface area (Å²) in [7, 11) is 6.79. The van der Waals surface area contributed by atoms with Crippen LogP contribution in [0.5, 0.6) is 11.5 Å². The van der Waals surface area contributed by atoms with Crippen LogP contribution in [0.1, 0.15) is 31.2 Å². The molecule has 2 bridgehead atoms. The Morgan fingerprint density at radius 2 is 2.00 bits per heavy atom. The number of nitrogens with one attached hydrogen (secondary N) is 2. The molecule has 2 fully saturated rings. The Balaban J connectivity index is 0.00000300. The molecule has 1 aromatic rings. The van der Waals surface area contributed by atoms with Crippen molar-refractivity contribution in [1.29, 1.82) is 0 Å². The molecule has 0 radical (unpaired) electrons. The van der Waals surface area contributed by atoms with E-state index in [0.29, 0.717) is 18.5 Å². The van der Waals surface area contributed by atoms with Gasteiger partial charge in [-0.25, -0.2) is 4.99 Å². The van der Waals surface area contributed by atoms with Gasteiger partial charge in [0.1, 0.15) is 11.5 Å². The first-order valence-electron chi connectivity index (χ1n) is 9.96. The highest BCUT2D eigenvalue weighted by Crippen LogP contribution is 2.44. The topological polar surface area (TPSA) is 75.2 Å². The lowest BCUT2D eigenvalue weighted by molar-refractivity contribution is -0.127. The lowest BCUT2D eigenvalue weighted by Crippen LogP contribution is -2.48. The van der Waals surface area contributed by atoms with Gasteiger partial charge in [-0.05, 0) is 43.2 Å². The number of hydrogen-bond acceptors (Lipinski definition) is 4. The molecule has 0 aromatic heterocycles. The zero-order chi connectivity index (χ0) is 20.1. The highest BCUT2D eigenvalue weighted by molar-refractivity contribution is 14.0. The van der Waals surface area contributed by atoms with Crippen LogP contribution in [0.25, 0.3) is 0 Å². The molecule has 2 N–H and O–H groups in total. The molecule has 8 heteroatoms. The van der Waals surface area contributed by atoms with Crippen molar-refractivity contribution in [2.75, 3.05) is 34.9 Å². The summed E-state index contributed by atoms with van der Waals surface area (Å²) in [4.78, 5) is 18.3. The third kappa shape index (κ3) is 6.13. The minimum absolute atomic E-state index is 0. The molecule has 3 unspecified atom stereocenters. The van der Waals surface area contributed by atoms with Crippen molar-refractivity contribution in [3.8, 4) is 11.5 Å². The highest BCUT2D eigenvalue weighted by atomic mass is 127. The fourth-order valence-electron chi connectivity index (χ4n) is 4.21. The van der Waals surface area contributed by atoms with Crippen molar-refractivity contribution in [2.45, 2.75) is 38.3 Å². The summed E-state index contributed by atoms with van der Waals surface area (Å²) >= 11 is 0. The molecule has 0 spiro atoms. The third-order valence-corrected chi connectivity index (χ3v) is 5.87. The van der Waals surface area contributed by atoms with Crippen LogP contribution in [0.4, 0.5) is 0 Å². The molecule has 2 aliphatic rings. The Bertz CT molecular complexity index is 726. The second kappa shape index (κ2) is 10.9. The summed E-state index contributed by atoms with van der Waals surface area (Å²) in [6.45, 7) is 0.679. The Hall–Kier alpha value is -1.71. The van der Waals surface area contributed by atoms with E-state index in [1.165, 1.54) is 25.7 Å². The van der Waals surface area contributed by atoms with Crippen molar-refractivity contribution in [3.63, 3.8) is 0 Å². The molecule has 0 saturated heterocycles. The van der Waals surface area contributed by atoms with Crippen LogP contribution in [0.3, 0.4) is 0 Å². The Labute approximate surface area is 190 Å². The van der Waals surface area contributed by atoms with E-state index in [9.17, 15) is 4.79 Å². The van der Waals surface area contributed by atoms with E-state index in [2.05, 4.69) is 10.6 Å². The summed E-state index contributed by atoms with van der Waals surface area (Å²) in [6, 6.07) is 6.16. The van der Waals surface area contributed by atoms with E-state index in [-0.39, 0.29) is 36.4 Å². The van der Waals surface area contributed by atoms with Crippen molar-refractivity contribution < 1.29 is 14.3 Å². The lowest BCUT2D eigenvalue weighted by atomic mass is 9.95. The van der Waals surface area contributed by atoms with E-state index in [0.717, 1.165) is 28.9 Å². The van der Waals surface area contributed by atoms with Crippen molar-refractivity contribution in [1.82, 2.24) is 15.5 Å². The molecule has 0 aliphatic heterocycles. The van der Waals surface area contributed by atoms with Crippen LogP contribution >= 0.6 is 24.0 Å². The Kier molecular flexibility index (Phi) is 8.85. The average Bonchev–Trinajstić information content (AvgIpc) is 3.32. The number of amides is 1.